The van der Waals surface area contributed by atoms with E-state index in [9.17, 15) is 19.7 Å². The van der Waals surface area contributed by atoms with Crippen LogP contribution in [0.4, 0.5) is 11.4 Å². The van der Waals surface area contributed by atoms with Crippen molar-refractivity contribution in [1.29, 1.82) is 0 Å². The molecule has 0 saturated heterocycles. The number of methoxy groups -OCH3 is 2. The quantitative estimate of drug-likeness (QED) is 0.167. The SMILES string of the molecule is CCCCCCCCOc1cc(N2COCC(C(=O)OC)=C2C(=O)OC)c([N+](=O)[O-])cc1Br. The van der Waals surface area contributed by atoms with Crippen LogP contribution in [0.2, 0.25) is 0 Å². The van der Waals surface area contributed by atoms with Gasteiger partial charge in [-0.25, -0.2) is 9.59 Å². The van der Waals surface area contributed by atoms with Crippen molar-refractivity contribution in [3.05, 3.63) is 38.0 Å². The molecule has 1 aliphatic rings. The third kappa shape index (κ3) is 6.91. The highest BCUT2D eigenvalue weighted by molar-refractivity contribution is 9.10. The lowest BCUT2D eigenvalue weighted by Crippen LogP contribution is -2.39. The molecule has 10 nitrogen and oxygen atoms in total. The summed E-state index contributed by atoms with van der Waals surface area (Å²) in [5.74, 6) is -1.26. The van der Waals surface area contributed by atoms with Gasteiger partial charge in [-0.05, 0) is 22.4 Å². The second kappa shape index (κ2) is 13.1. The van der Waals surface area contributed by atoms with Gasteiger partial charge in [0.1, 0.15) is 23.9 Å². The fourth-order valence-corrected chi connectivity index (χ4v) is 3.85. The van der Waals surface area contributed by atoms with Crippen molar-refractivity contribution < 1.29 is 33.5 Å². The van der Waals surface area contributed by atoms with E-state index in [0.717, 1.165) is 26.4 Å². The Kier molecular flexibility index (Phi) is 10.6. The number of nitro benzene ring substituents is 1. The van der Waals surface area contributed by atoms with E-state index in [1.807, 2.05) is 0 Å². The van der Waals surface area contributed by atoms with Crippen molar-refractivity contribution in [3.8, 4) is 5.75 Å². The standard InChI is InChI=1S/C22H29BrN2O8/c1-4-5-6-7-8-9-10-33-19-12-17(18(25(28)29)11-16(19)23)24-14-32-13-15(21(26)30-2)20(24)22(27)31-3/h11-12H,4-10,13-14H2,1-3H3. The number of carbonyl (C=O) groups excluding carboxylic acids is 2. The number of benzene rings is 1. The first kappa shape index (κ1) is 26.6. The second-order valence-electron chi connectivity index (χ2n) is 7.36. The van der Waals surface area contributed by atoms with Crippen molar-refractivity contribution >= 4 is 39.2 Å². The molecule has 0 aromatic heterocycles. The zero-order valence-electron chi connectivity index (χ0n) is 19.1. The predicted octanol–water partition coefficient (Wildman–Crippen LogP) is 4.49. The zero-order chi connectivity index (χ0) is 24.4. The fourth-order valence-electron chi connectivity index (χ4n) is 3.40. The number of unbranched alkanes of at least 4 members (excludes halogenated alkanes) is 5. The number of ether oxygens (including phenoxy) is 4. The molecule has 0 radical (unpaired) electrons. The molecule has 0 spiro atoms. The summed E-state index contributed by atoms with van der Waals surface area (Å²) >= 11 is 3.32. The van der Waals surface area contributed by atoms with E-state index >= 15 is 0 Å². The molecule has 0 saturated carbocycles. The van der Waals surface area contributed by atoms with Crippen LogP contribution in [0.5, 0.6) is 5.75 Å². The Morgan fingerprint density at radius 2 is 1.79 bits per heavy atom. The van der Waals surface area contributed by atoms with E-state index < -0.39 is 16.9 Å². The Labute approximate surface area is 201 Å². The molecule has 1 aromatic carbocycles. The average molecular weight is 529 g/mol. The van der Waals surface area contributed by atoms with Crippen molar-refractivity contribution in [3.63, 3.8) is 0 Å². The number of nitro groups is 1. The van der Waals surface area contributed by atoms with Gasteiger partial charge in [0.05, 0.1) is 42.4 Å². The van der Waals surface area contributed by atoms with Gasteiger partial charge in [0.2, 0.25) is 0 Å². The molecule has 0 fully saturated rings. The van der Waals surface area contributed by atoms with Gasteiger partial charge in [0.15, 0.2) is 0 Å². The Morgan fingerprint density at radius 3 is 2.42 bits per heavy atom. The maximum atomic E-state index is 12.5. The molecule has 2 rings (SSSR count). The van der Waals surface area contributed by atoms with Crippen molar-refractivity contribution in [2.45, 2.75) is 45.4 Å². The maximum Gasteiger partial charge on any atom is 0.355 e. The Balaban J connectivity index is 2.38. The molecule has 1 aliphatic heterocycles. The molecular formula is C22H29BrN2O8. The average Bonchev–Trinajstić information content (AvgIpc) is 2.82. The first-order valence-electron chi connectivity index (χ1n) is 10.7. The minimum Gasteiger partial charge on any atom is -0.492 e. The summed E-state index contributed by atoms with van der Waals surface area (Å²) in [5, 5.41) is 11.8. The van der Waals surface area contributed by atoms with E-state index in [1.54, 1.807) is 0 Å². The number of nitrogens with zero attached hydrogens (tertiary/aromatic N) is 2. The smallest absolute Gasteiger partial charge is 0.355 e. The molecule has 11 heteroatoms. The van der Waals surface area contributed by atoms with Gasteiger partial charge in [-0.15, -0.1) is 0 Å². The van der Waals surface area contributed by atoms with Crippen LogP contribution in [-0.2, 0) is 23.8 Å². The van der Waals surface area contributed by atoms with Gasteiger partial charge in [0, 0.05) is 12.1 Å². The number of hydrogen-bond acceptors (Lipinski definition) is 9. The molecule has 1 heterocycles. The van der Waals surface area contributed by atoms with E-state index in [0.29, 0.717) is 16.8 Å². The van der Waals surface area contributed by atoms with Crippen molar-refractivity contribution in [1.82, 2.24) is 0 Å². The molecule has 0 bridgehead atoms. The third-order valence-electron chi connectivity index (χ3n) is 5.11. The Hall–Kier alpha value is -2.66. The minimum absolute atomic E-state index is 0.0302. The minimum atomic E-state index is -0.842. The molecular weight excluding hydrogens is 500 g/mol. The maximum absolute atomic E-state index is 12.5. The second-order valence-corrected chi connectivity index (χ2v) is 8.21. The molecule has 0 atom stereocenters. The van der Waals surface area contributed by atoms with Gasteiger partial charge in [-0.1, -0.05) is 39.0 Å². The number of halogens is 1. The highest BCUT2D eigenvalue weighted by atomic mass is 79.9. The first-order chi connectivity index (χ1) is 15.8. The number of rotatable bonds is 12. The molecule has 1 aromatic rings. The van der Waals surface area contributed by atoms with Crippen molar-refractivity contribution in [2.75, 3.05) is 39.1 Å². The third-order valence-corrected chi connectivity index (χ3v) is 5.72. The summed E-state index contributed by atoms with van der Waals surface area (Å²) in [6.07, 6.45) is 6.55. The lowest BCUT2D eigenvalue weighted by atomic mass is 10.1. The molecule has 0 aliphatic carbocycles. The van der Waals surface area contributed by atoms with Crippen LogP contribution < -0.4 is 9.64 Å². The largest absolute Gasteiger partial charge is 0.492 e. The summed E-state index contributed by atoms with van der Waals surface area (Å²) in [4.78, 5) is 37.2. The van der Waals surface area contributed by atoms with Crippen LogP contribution >= 0.6 is 15.9 Å². The molecule has 0 unspecified atom stereocenters. The lowest BCUT2D eigenvalue weighted by Gasteiger charge is -2.31. The van der Waals surface area contributed by atoms with Gasteiger partial charge in [-0.2, -0.15) is 0 Å². The van der Waals surface area contributed by atoms with E-state index in [4.69, 9.17) is 18.9 Å². The summed E-state index contributed by atoms with van der Waals surface area (Å²) in [6, 6.07) is 2.75. The van der Waals surface area contributed by atoms with Gasteiger partial charge >= 0.3 is 11.9 Å². The summed E-state index contributed by atoms with van der Waals surface area (Å²) in [6.45, 7) is 2.20. The predicted molar refractivity (Wildman–Crippen MR) is 124 cm³/mol. The van der Waals surface area contributed by atoms with Crippen LogP contribution in [0, 0.1) is 10.1 Å². The van der Waals surface area contributed by atoms with Gasteiger partial charge in [0.25, 0.3) is 5.69 Å². The monoisotopic (exact) mass is 528 g/mol. The topological polar surface area (TPSA) is 117 Å². The zero-order valence-corrected chi connectivity index (χ0v) is 20.6. The normalized spacial score (nSPS) is 13.6. The molecule has 182 valence electrons. The summed E-state index contributed by atoms with van der Waals surface area (Å²) in [7, 11) is 2.32. The molecule has 33 heavy (non-hydrogen) atoms. The van der Waals surface area contributed by atoms with E-state index in [1.165, 1.54) is 43.4 Å². The highest BCUT2D eigenvalue weighted by Crippen LogP contribution is 2.41. The van der Waals surface area contributed by atoms with Crippen LogP contribution in [0.1, 0.15) is 45.4 Å². The molecule has 0 N–H and O–H groups in total. The fraction of sp³-hybridized carbons (Fsp3) is 0.545. The number of esters is 2. The van der Waals surface area contributed by atoms with Gasteiger partial charge < -0.3 is 23.8 Å². The Bertz CT molecular complexity index is 903. The van der Waals surface area contributed by atoms with Crippen LogP contribution in [0.25, 0.3) is 0 Å². The summed E-state index contributed by atoms with van der Waals surface area (Å²) in [5.41, 5.74) is -0.544. The number of anilines is 1. The molecule has 0 amide bonds. The van der Waals surface area contributed by atoms with Crippen LogP contribution in [-0.4, -0.2) is 51.0 Å². The first-order valence-corrected chi connectivity index (χ1v) is 11.5. The number of hydrogen-bond donors (Lipinski definition) is 0. The van der Waals surface area contributed by atoms with Crippen molar-refractivity contribution in [2.24, 2.45) is 0 Å². The van der Waals surface area contributed by atoms with E-state index in [2.05, 4.69) is 22.9 Å². The lowest BCUT2D eigenvalue weighted by molar-refractivity contribution is -0.384. The van der Waals surface area contributed by atoms with Crippen LogP contribution in [0.15, 0.2) is 27.9 Å². The van der Waals surface area contributed by atoms with Crippen LogP contribution in [0.3, 0.4) is 0 Å². The highest BCUT2D eigenvalue weighted by Gasteiger charge is 2.36. The van der Waals surface area contributed by atoms with Gasteiger partial charge in [-0.3, -0.25) is 10.1 Å². The number of carbonyl (C=O) groups is 2. The van der Waals surface area contributed by atoms with E-state index in [-0.39, 0.29) is 36.0 Å². The summed E-state index contributed by atoms with van der Waals surface area (Å²) < 4.78 is 21.3. The Morgan fingerprint density at radius 1 is 1.12 bits per heavy atom.